The van der Waals surface area contributed by atoms with Gasteiger partial charge in [0.15, 0.2) is 0 Å². The normalized spacial score (nSPS) is 11.1. The Balaban J connectivity index is 2.76. The maximum Gasteiger partial charge on any atom is 0.289 e. The molecular formula is C14H12ClNO6S. The number of halogens is 1. The highest BCUT2D eigenvalue weighted by Crippen LogP contribution is 2.37. The summed E-state index contributed by atoms with van der Waals surface area (Å²) in [6.07, 6.45) is 0. The van der Waals surface area contributed by atoms with Crippen molar-refractivity contribution in [3.8, 4) is 11.5 Å². The summed E-state index contributed by atoms with van der Waals surface area (Å²) >= 11 is 5.72. The SMILES string of the molecule is COc1ccc(OC)c(S(=O)(=O)c2ccc(Cl)cc2[N+](=O)[O-])c1. The minimum Gasteiger partial charge on any atom is -0.497 e. The van der Waals surface area contributed by atoms with Crippen LogP contribution in [0.25, 0.3) is 0 Å². The van der Waals surface area contributed by atoms with Gasteiger partial charge in [-0.15, -0.1) is 0 Å². The zero-order chi connectivity index (χ0) is 17.2. The largest absolute Gasteiger partial charge is 0.497 e. The average Bonchev–Trinajstić information content (AvgIpc) is 2.53. The third kappa shape index (κ3) is 3.22. The number of rotatable bonds is 5. The molecular weight excluding hydrogens is 346 g/mol. The van der Waals surface area contributed by atoms with Gasteiger partial charge in [0, 0.05) is 17.2 Å². The van der Waals surface area contributed by atoms with Gasteiger partial charge in [-0.25, -0.2) is 8.42 Å². The minimum absolute atomic E-state index is 0.0510. The quantitative estimate of drug-likeness (QED) is 0.602. The van der Waals surface area contributed by atoms with Crippen LogP contribution in [0.15, 0.2) is 46.2 Å². The van der Waals surface area contributed by atoms with Crippen molar-refractivity contribution in [1.29, 1.82) is 0 Å². The monoisotopic (exact) mass is 357 g/mol. The number of hydrogen-bond donors (Lipinski definition) is 0. The number of ether oxygens (including phenoxy) is 2. The van der Waals surface area contributed by atoms with E-state index in [0.29, 0.717) is 0 Å². The second kappa shape index (κ2) is 6.43. The lowest BCUT2D eigenvalue weighted by Gasteiger charge is -2.11. The molecule has 0 atom stereocenters. The molecule has 2 aromatic carbocycles. The average molecular weight is 358 g/mol. The molecule has 0 heterocycles. The van der Waals surface area contributed by atoms with Crippen LogP contribution in [0, 0.1) is 10.1 Å². The number of methoxy groups -OCH3 is 2. The Morgan fingerprint density at radius 2 is 1.74 bits per heavy atom. The van der Waals surface area contributed by atoms with Crippen molar-refractivity contribution in [1.82, 2.24) is 0 Å². The molecule has 0 unspecified atom stereocenters. The van der Waals surface area contributed by atoms with Gasteiger partial charge in [-0.3, -0.25) is 10.1 Å². The van der Waals surface area contributed by atoms with Gasteiger partial charge < -0.3 is 9.47 Å². The number of nitro benzene ring substituents is 1. The molecule has 0 aliphatic carbocycles. The van der Waals surface area contributed by atoms with E-state index in [4.69, 9.17) is 21.1 Å². The summed E-state index contributed by atoms with van der Waals surface area (Å²) in [4.78, 5) is 9.65. The van der Waals surface area contributed by atoms with E-state index in [1.54, 1.807) is 0 Å². The van der Waals surface area contributed by atoms with E-state index in [9.17, 15) is 18.5 Å². The fourth-order valence-electron chi connectivity index (χ4n) is 1.97. The van der Waals surface area contributed by atoms with Crippen molar-refractivity contribution < 1.29 is 22.8 Å². The number of nitro groups is 1. The number of nitrogens with zero attached hydrogens (tertiary/aromatic N) is 1. The van der Waals surface area contributed by atoms with E-state index in [2.05, 4.69) is 0 Å². The first-order valence-electron chi connectivity index (χ1n) is 6.22. The van der Waals surface area contributed by atoms with Crippen LogP contribution in [0.3, 0.4) is 0 Å². The first kappa shape index (κ1) is 17.0. The fraction of sp³-hybridized carbons (Fsp3) is 0.143. The van der Waals surface area contributed by atoms with Crippen LogP contribution in [-0.2, 0) is 9.84 Å². The Kier molecular flexibility index (Phi) is 4.76. The molecule has 0 saturated carbocycles. The minimum atomic E-state index is -4.21. The van der Waals surface area contributed by atoms with Crippen molar-refractivity contribution >= 4 is 27.1 Å². The van der Waals surface area contributed by atoms with Crippen LogP contribution < -0.4 is 9.47 Å². The lowest BCUT2D eigenvalue weighted by atomic mass is 10.3. The predicted octanol–water partition coefficient (Wildman–Crippen LogP) is 3.10. The van der Waals surface area contributed by atoms with E-state index in [0.717, 1.165) is 12.1 Å². The highest BCUT2D eigenvalue weighted by atomic mass is 35.5. The molecule has 0 spiro atoms. The van der Waals surface area contributed by atoms with Gasteiger partial charge in [0.2, 0.25) is 9.84 Å². The fourth-order valence-corrected chi connectivity index (χ4v) is 3.72. The highest BCUT2D eigenvalue weighted by Gasteiger charge is 2.30. The van der Waals surface area contributed by atoms with Gasteiger partial charge in [-0.2, -0.15) is 0 Å². The van der Waals surface area contributed by atoms with Crippen molar-refractivity contribution in [2.75, 3.05) is 14.2 Å². The second-order valence-corrected chi connectivity index (χ2v) is 6.71. The second-order valence-electron chi connectivity index (χ2n) is 4.39. The topological polar surface area (TPSA) is 95.7 Å². The Morgan fingerprint density at radius 3 is 2.30 bits per heavy atom. The third-order valence-corrected chi connectivity index (χ3v) is 5.12. The summed E-state index contributed by atoms with van der Waals surface area (Å²) in [5, 5.41) is 11.2. The molecule has 0 saturated heterocycles. The van der Waals surface area contributed by atoms with Gasteiger partial charge in [-0.05, 0) is 24.3 Å². The molecule has 0 N–H and O–H groups in total. The van der Waals surface area contributed by atoms with E-state index in [1.165, 1.54) is 38.5 Å². The number of benzene rings is 2. The summed E-state index contributed by atoms with van der Waals surface area (Å²) in [5.41, 5.74) is -0.609. The molecule has 23 heavy (non-hydrogen) atoms. The molecule has 0 aliphatic rings. The van der Waals surface area contributed by atoms with Gasteiger partial charge >= 0.3 is 0 Å². The molecule has 9 heteroatoms. The third-order valence-electron chi connectivity index (χ3n) is 3.07. The summed E-state index contributed by atoms with van der Waals surface area (Å²) in [6, 6.07) is 7.53. The number of sulfone groups is 1. The van der Waals surface area contributed by atoms with Crippen LogP contribution in [0.1, 0.15) is 0 Å². The lowest BCUT2D eigenvalue weighted by molar-refractivity contribution is -0.387. The van der Waals surface area contributed by atoms with Crippen molar-refractivity contribution in [2.45, 2.75) is 9.79 Å². The van der Waals surface area contributed by atoms with Crippen molar-refractivity contribution in [2.24, 2.45) is 0 Å². The molecule has 2 rings (SSSR count). The standard InChI is InChI=1S/C14H12ClNO6S/c1-21-10-4-5-12(22-2)14(8-10)23(19,20)13-6-3-9(15)7-11(13)16(17)18/h3-8H,1-2H3. The summed E-state index contributed by atoms with van der Waals surface area (Å²) in [5.74, 6) is 0.330. The molecule has 0 aliphatic heterocycles. The van der Waals surface area contributed by atoms with E-state index in [1.807, 2.05) is 0 Å². The lowest BCUT2D eigenvalue weighted by Crippen LogP contribution is -2.07. The summed E-state index contributed by atoms with van der Waals surface area (Å²) in [7, 11) is -1.53. The predicted molar refractivity (Wildman–Crippen MR) is 83.1 cm³/mol. The molecule has 2 aromatic rings. The van der Waals surface area contributed by atoms with Gasteiger partial charge in [-0.1, -0.05) is 11.6 Å². The van der Waals surface area contributed by atoms with Crippen LogP contribution in [0.5, 0.6) is 11.5 Å². The van der Waals surface area contributed by atoms with Gasteiger partial charge in [0.05, 0.1) is 19.1 Å². The zero-order valence-electron chi connectivity index (χ0n) is 12.1. The molecule has 0 fully saturated rings. The molecule has 0 aromatic heterocycles. The maximum atomic E-state index is 12.8. The smallest absolute Gasteiger partial charge is 0.289 e. The first-order valence-corrected chi connectivity index (χ1v) is 8.08. The molecule has 122 valence electrons. The van der Waals surface area contributed by atoms with E-state index < -0.39 is 25.3 Å². The molecule has 0 radical (unpaired) electrons. The Hall–Kier alpha value is -2.32. The van der Waals surface area contributed by atoms with Crippen LogP contribution in [0.2, 0.25) is 5.02 Å². The summed E-state index contributed by atoms with van der Waals surface area (Å²) in [6.45, 7) is 0. The molecule has 0 amide bonds. The number of hydrogen-bond acceptors (Lipinski definition) is 6. The molecule has 7 nitrogen and oxygen atoms in total. The zero-order valence-corrected chi connectivity index (χ0v) is 13.7. The summed E-state index contributed by atoms with van der Waals surface area (Å²) < 4.78 is 35.7. The van der Waals surface area contributed by atoms with Crippen LogP contribution in [0.4, 0.5) is 5.69 Å². The Bertz CT molecular complexity index is 866. The van der Waals surface area contributed by atoms with Gasteiger partial charge in [0.1, 0.15) is 21.3 Å². The van der Waals surface area contributed by atoms with E-state index in [-0.39, 0.29) is 21.4 Å². The van der Waals surface area contributed by atoms with Crippen LogP contribution in [-0.4, -0.2) is 27.6 Å². The van der Waals surface area contributed by atoms with Crippen molar-refractivity contribution in [3.63, 3.8) is 0 Å². The Labute approximate surface area is 137 Å². The first-order chi connectivity index (χ1) is 10.8. The Morgan fingerprint density at radius 1 is 1.04 bits per heavy atom. The maximum absolute atomic E-state index is 12.8. The molecule has 0 bridgehead atoms. The van der Waals surface area contributed by atoms with Crippen molar-refractivity contribution in [3.05, 3.63) is 51.5 Å². The highest BCUT2D eigenvalue weighted by molar-refractivity contribution is 7.91. The van der Waals surface area contributed by atoms with Gasteiger partial charge in [0.25, 0.3) is 5.69 Å². The van der Waals surface area contributed by atoms with Crippen LogP contribution >= 0.6 is 11.6 Å². The van der Waals surface area contributed by atoms with E-state index >= 15 is 0 Å².